The minimum atomic E-state index is 0.900. The fourth-order valence-corrected chi connectivity index (χ4v) is 2.05. The van der Waals surface area contributed by atoms with Gasteiger partial charge in [-0.15, -0.1) is 5.10 Å². The summed E-state index contributed by atoms with van der Waals surface area (Å²) in [6, 6.07) is 16.1. The smallest absolute Gasteiger partial charge is 0.101 e. The molecule has 0 atom stereocenters. The van der Waals surface area contributed by atoms with Crippen molar-refractivity contribution in [2.45, 2.75) is 6.92 Å². The first-order valence-electron chi connectivity index (χ1n) is 6.15. The maximum absolute atomic E-state index is 4.35. The van der Waals surface area contributed by atoms with Crippen LogP contribution in [-0.2, 0) is 0 Å². The Morgan fingerprint density at radius 2 is 1.53 bits per heavy atom. The molecule has 2 aromatic heterocycles. The van der Waals surface area contributed by atoms with Crippen LogP contribution >= 0.6 is 0 Å². The van der Waals surface area contributed by atoms with E-state index in [4.69, 9.17) is 0 Å². The van der Waals surface area contributed by atoms with Crippen LogP contribution in [0.4, 0.5) is 0 Å². The topological polar surface area (TPSA) is 38.7 Å². The zero-order valence-electron chi connectivity index (χ0n) is 10.6. The lowest BCUT2D eigenvalue weighted by molar-refractivity contribution is 0.989. The van der Waals surface area contributed by atoms with Gasteiger partial charge in [0, 0.05) is 23.5 Å². The van der Waals surface area contributed by atoms with Gasteiger partial charge >= 0.3 is 0 Å². The molecule has 0 spiro atoms. The van der Waals surface area contributed by atoms with Crippen LogP contribution in [0.15, 0.2) is 60.9 Å². The molecule has 3 rings (SSSR count). The average molecular weight is 247 g/mol. The van der Waals surface area contributed by atoms with E-state index in [1.807, 2.05) is 49.4 Å². The zero-order chi connectivity index (χ0) is 13.1. The number of rotatable bonds is 2. The number of benzene rings is 1. The Balaban J connectivity index is 2.21. The van der Waals surface area contributed by atoms with E-state index in [-0.39, 0.29) is 0 Å². The van der Waals surface area contributed by atoms with E-state index in [1.165, 1.54) is 0 Å². The van der Waals surface area contributed by atoms with Gasteiger partial charge in [0.25, 0.3) is 0 Å². The molecule has 0 radical (unpaired) electrons. The molecule has 0 aliphatic carbocycles. The van der Waals surface area contributed by atoms with E-state index in [1.54, 1.807) is 12.4 Å². The number of nitrogens with zero attached hydrogens (tertiary/aromatic N) is 3. The largest absolute Gasteiger partial charge is 0.265 e. The van der Waals surface area contributed by atoms with Crippen molar-refractivity contribution in [1.29, 1.82) is 0 Å². The highest BCUT2D eigenvalue weighted by molar-refractivity contribution is 5.80. The van der Waals surface area contributed by atoms with E-state index in [2.05, 4.69) is 21.2 Å². The molecule has 3 nitrogen and oxygen atoms in total. The third-order valence-corrected chi connectivity index (χ3v) is 2.95. The first-order chi connectivity index (χ1) is 9.34. The Morgan fingerprint density at radius 1 is 0.789 bits per heavy atom. The summed E-state index contributed by atoms with van der Waals surface area (Å²) in [5.41, 5.74) is 5.07. The maximum atomic E-state index is 4.35. The van der Waals surface area contributed by atoms with Gasteiger partial charge in [-0.1, -0.05) is 30.3 Å². The minimum Gasteiger partial charge on any atom is -0.265 e. The van der Waals surface area contributed by atoms with Crippen LogP contribution in [0, 0.1) is 6.92 Å². The molecule has 0 N–H and O–H groups in total. The van der Waals surface area contributed by atoms with Gasteiger partial charge in [0.2, 0.25) is 0 Å². The predicted molar refractivity (Wildman–Crippen MR) is 75.4 cm³/mol. The van der Waals surface area contributed by atoms with Crippen molar-refractivity contribution < 1.29 is 0 Å². The summed E-state index contributed by atoms with van der Waals surface area (Å²) in [5, 5.41) is 8.53. The SMILES string of the molecule is Cc1cc(-c2ccncc2)c(-c2ccccc2)nn1. The summed E-state index contributed by atoms with van der Waals surface area (Å²) in [5.74, 6) is 0. The molecule has 3 heteroatoms. The quantitative estimate of drug-likeness (QED) is 0.695. The van der Waals surface area contributed by atoms with Gasteiger partial charge in [0.05, 0.1) is 5.69 Å². The van der Waals surface area contributed by atoms with E-state index in [0.717, 1.165) is 28.1 Å². The summed E-state index contributed by atoms with van der Waals surface area (Å²) in [6.07, 6.45) is 3.58. The molecule has 0 amide bonds. The third-order valence-electron chi connectivity index (χ3n) is 2.95. The Morgan fingerprint density at radius 3 is 2.26 bits per heavy atom. The first-order valence-corrected chi connectivity index (χ1v) is 6.15. The van der Waals surface area contributed by atoms with Crippen molar-refractivity contribution in [2.75, 3.05) is 0 Å². The Hall–Kier alpha value is -2.55. The maximum Gasteiger partial charge on any atom is 0.101 e. The van der Waals surface area contributed by atoms with Crippen molar-refractivity contribution >= 4 is 0 Å². The van der Waals surface area contributed by atoms with Crippen LogP contribution in [0.2, 0.25) is 0 Å². The van der Waals surface area contributed by atoms with Gasteiger partial charge in [0.15, 0.2) is 0 Å². The second-order valence-corrected chi connectivity index (χ2v) is 4.35. The summed E-state index contributed by atoms with van der Waals surface area (Å²) < 4.78 is 0. The number of aromatic nitrogens is 3. The molecule has 0 aliphatic heterocycles. The molecule has 1 aromatic carbocycles. The molecule has 0 aliphatic rings. The highest BCUT2D eigenvalue weighted by Gasteiger charge is 2.09. The molecular formula is C16H13N3. The summed E-state index contributed by atoms with van der Waals surface area (Å²) >= 11 is 0. The summed E-state index contributed by atoms with van der Waals surface area (Å²) in [4.78, 5) is 4.06. The van der Waals surface area contributed by atoms with Gasteiger partial charge < -0.3 is 0 Å². The van der Waals surface area contributed by atoms with Crippen LogP contribution in [0.1, 0.15) is 5.69 Å². The lowest BCUT2D eigenvalue weighted by atomic mass is 10.0. The van der Waals surface area contributed by atoms with Crippen LogP contribution in [0.5, 0.6) is 0 Å². The first kappa shape index (κ1) is 11.5. The van der Waals surface area contributed by atoms with E-state index >= 15 is 0 Å². The van der Waals surface area contributed by atoms with Crippen LogP contribution in [0.3, 0.4) is 0 Å². The standard InChI is InChI=1S/C16H13N3/c1-12-11-15(13-7-9-17-10-8-13)16(19-18-12)14-5-3-2-4-6-14/h2-11H,1H3. The van der Waals surface area contributed by atoms with Crippen molar-refractivity contribution in [1.82, 2.24) is 15.2 Å². The van der Waals surface area contributed by atoms with Gasteiger partial charge in [-0.05, 0) is 30.7 Å². The van der Waals surface area contributed by atoms with E-state index < -0.39 is 0 Å². The van der Waals surface area contributed by atoms with Gasteiger partial charge in [-0.2, -0.15) is 5.10 Å². The zero-order valence-corrected chi connectivity index (χ0v) is 10.6. The van der Waals surface area contributed by atoms with E-state index in [0.29, 0.717) is 0 Å². The molecule has 0 saturated carbocycles. The van der Waals surface area contributed by atoms with Gasteiger partial charge in [-0.25, -0.2) is 0 Å². The second-order valence-electron chi connectivity index (χ2n) is 4.35. The summed E-state index contributed by atoms with van der Waals surface area (Å²) in [6.45, 7) is 1.95. The lowest BCUT2D eigenvalue weighted by Gasteiger charge is -2.08. The van der Waals surface area contributed by atoms with Crippen molar-refractivity contribution in [3.63, 3.8) is 0 Å². The molecule has 3 aromatic rings. The highest BCUT2D eigenvalue weighted by Crippen LogP contribution is 2.29. The fourth-order valence-electron chi connectivity index (χ4n) is 2.05. The normalized spacial score (nSPS) is 10.4. The van der Waals surface area contributed by atoms with Gasteiger partial charge in [0.1, 0.15) is 5.69 Å². The van der Waals surface area contributed by atoms with Crippen LogP contribution in [-0.4, -0.2) is 15.2 Å². The molecule has 2 heterocycles. The van der Waals surface area contributed by atoms with Crippen LogP contribution < -0.4 is 0 Å². The molecule has 0 saturated heterocycles. The molecule has 19 heavy (non-hydrogen) atoms. The minimum absolute atomic E-state index is 0.900. The number of aryl methyl sites for hydroxylation is 1. The number of hydrogen-bond acceptors (Lipinski definition) is 3. The molecule has 0 bridgehead atoms. The van der Waals surface area contributed by atoms with Crippen LogP contribution in [0.25, 0.3) is 22.4 Å². The molecule has 92 valence electrons. The predicted octanol–water partition coefficient (Wildman–Crippen LogP) is 3.51. The second kappa shape index (κ2) is 4.98. The average Bonchev–Trinajstić information content (AvgIpc) is 2.49. The van der Waals surface area contributed by atoms with Crippen molar-refractivity contribution in [3.05, 3.63) is 66.6 Å². The molecular weight excluding hydrogens is 234 g/mol. The molecule has 0 fully saturated rings. The lowest BCUT2D eigenvalue weighted by Crippen LogP contribution is -1.94. The van der Waals surface area contributed by atoms with Crippen molar-refractivity contribution in [2.24, 2.45) is 0 Å². The summed E-state index contributed by atoms with van der Waals surface area (Å²) in [7, 11) is 0. The number of hydrogen-bond donors (Lipinski definition) is 0. The van der Waals surface area contributed by atoms with E-state index in [9.17, 15) is 0 Å². The van der Waals surface area contributed by atoms with Gasteiger partial charge in [-0.3, -0.25) is 4.98 Å². The molecule has 0 unspecified atom stereocenters. The fraction of sp³-hybridized carbons (Fsp3) is 0.0625. The Bertz CT molecular complexity index is 679. The highest BCUT2D eigenvalue weighted by atomic mass is 15.1. The third kappa shape index (κ3) is 2.36. The van der Waals surface area contributed by atoms with Crippen molar-refractivity contribution in [3.8, 4) is 22.4 Å². The monoisotopic (exact) mass is 247 g/mol. The Labute approximate surface area is 112 Å². The Kier molecular flexibility index (Phi) is 3.02. The number of pyridine rings is 1.